The zero-order valence-corrected chi connectivity index (χ0v) is 22.1. The minimum Gasteiger partial charge on any atom is -0.377 e. The first-order valence-electron chi connectivity index (χ1n) is 10.9. The zero-order chi connectivity index (χ0) is 26.7. The fourth-order valence-electron chi connectivity index (χ4n) is 3.41. The molecule has 0 bridgehead atoms. The Morgan fingerprint density at radius 1 is 1.05 bits per heavy atom. The van der Waals surface area contributed by atoms with Crippen molar-refractivity contribution in [2.45, 2.75) is 25.3 Å². The highest BCUT2D eigenvalue weighted by atomic mass is 35.5. The van der Waals surface area contributed by atoms with E-state index in [-0.39, 0.29) is 38.3 Å². The van der Waals surface area contributed by atoms with Crippen LogP contribution in [0.4, 0.5) is 10.5 Å². The van der Waals surface area contributed by atoms with Gasteiger partial charge in [0.15, 0.2) is 5.75 Å². The number of hydrogen-bond acceptors (Lipinski definition) is 7. The second-order valence-electron chi connectivity index (χ2n) is 8.19. The molecule has 1 N–H and O–H groups in total. The van der Waals surface area contributed by atoms with Crippen LogP contribution in [0.25, 0.3) is 6.08 Å². The highest BCUT2D eigenvalue weighted by Gasteiger charge is 2.35. The van der Waals surface area contributed by atoms with Crippen molar-refractivity contribution in [3.05, 3.63) is 93.3 Å². The third kappa shape index (κ3) is 6.40. The Labute approximate surface area is 223 Å². The van der Waals surface area contributed by atoms with Gasteiger partial charge in [0.2, 0.25) is 5.91 Å². The fourth-order valence-corrected chi connectivity index (χ4v) is 5.47. The zero-order valence-electron chi connectivity index (χ0n) is 19.7. The predicted octanol–water partition coefficient (Wildman–Crippen LogP) is 5.61. The third-order valence-electron chi connectivity index (χ3n) is 5.25. The molecule has 1 fully saturated rings. The van der Waals surface area contributed by atoms with Gasteiger partial charge in [0, 0.05) is 12.6 Å². The minimum atomic E-state index is -4.19. The van der Waals surface area contributed by atoms with Gasteiger partial charge in [0.05, 0.1) is 16.5 Å². The quantitative estimate of drug-likeness (QED) is 0.297. The molecule has 37 heavy (non-hydrogen) atoms. The molecular formula is C26H21ClN2O6S2. The number of hydrogen-bond donors (Lipinski definition) is 1. The van der Waals surface area contributed by atoms with Gasteiger partial charge in [-0.15, -0.1) is 0 Å². The lowest BCUT2D eigenvalue weighted by molar-refractivity contribution is -0.123. The Kier molecular flexibility index (Phi) is 7.72. The maximum Gasteiger partial charge on any atom is 0.339 e. The first kappa shape index (κ1) is 26.5. The molecular weight excluding hydrogens is 536 g/mol. The molecule has 4 rings (SSSR count). The number of benzene rings is 3. The van der Waals surface area contributed by atoms with E-state index in [9.17, 15) is 22.8 Å². The maximum absolute atomic E-state index is 12.8. The molecule has 0 radical (unpaired) electrons. The molecule has 1 aliphatic rings. The number of halogens is 1. The van der Waals surface area contributed by atoms with E-state index in [1.807, 2.05) is 31.2 Å². The van der Waals surface area contributed by atoms with E-state index in [4.69, 9.17) is 15.8 Å². The first-order valence-corrected chi connectivity index (χ1v) is 13.5. The van der Waals surface area contributed by atoms with Crippen molar-refractivity contribution >= 4 is 62.3 Å². The highest BCUT2D eigenvalue weighted by molar-refractivity contribution is 8.18. The molecule has 1 saturated heterocycles. The van der Waals surface area contributed by atoms with E-state index in [1.54, 1.807) is 0 Å². The van der Waals surface area contributed by atoms with E-state index >= 15 is 0 Å². The SMILES string of the molecule is CC(=O)Nc1ccc(S(=O)(=O)Oc2ccc(/C=C3\SC(=O)N(Cc4ccc(C)cc4)C3=O)cc2Cl)cc1. The number of rotatable bonds is 7. The standard InChI is InChI=1S/C26H21ClN2O6S2/c1-16-3-5-18(6-4-16)15-29-25(31)24(36-26(29)32)14-19-7-12-23(22(27)13-19)35-37(33,34)21-10-8-20(9-11-21)28-17(2)30/h3-14H,15H2,1-2H3,(H,28,30)/b24-14-. The van der Waals surface area contributed by atoms with E-state index in [0.717, 1.165) is 22.9 Å². The molecule has 3 aromatic carbocycles. The van der Waals surface area contributed by atoms with Gasteiger partial charge in [0.1, 0.15) is 4.90 Å². The van der Waals surface area contributed by atoms with Crippen LogP contribution < -0.4 is 9.50 Å². The van der Waals surface area contributed by atoms with Crippen molar-refractivity contribution in [3.8, 4) is 5.75 Å². The van der Waals surface area contributed by atoms with Crippen LogP contribution in [0.5, 0.6) is 5.75 Å². The predicted molar refractivity (Wildman–Crippen MR) is 143 cm³/mol. The third-order valence-corrected chi connectivity index (χ3v) is 7.70. The Hall–Kier alpha value is -3.60. The number of thioether (sulfide) groups is 1. The Balaban J connectivity index is 1.48. The second kappa shape index (κ2) is 10.8. The van der Waals surface area contributed by atoms with E-state index in [1.165, 1.54) is 60.4 Å². The van der Waals surface area contributed by atoms with Crippen LogP contribution in [0.15, 0.2) is 76.5 Å². The van der Waals surface area contributed by atoms with E-state index < -0.39 is 16.0 Å². The van der Waals surface area contributed by atoms with Gasteiger partial charge in [-0.2, -0.15) is 8.42 Å². The normalized spacial score (nSPS) is 14.8. The van der Waals surface area contributed by atoms with Gasteiger partial charge in [0.25, 0.3) is 11.1 Å². The lowest BCUT2D eigenvalue weighted by Gasteiger charge is -2.12. The Morgan fingerprint density at radius 3 is 2.35 bits per heavy atom. The van der Waals surface area contributed by atoms with Gasteiger partial charge in [-0.3, -0.25) is 19.3 Å². The Morgan fingerprint density at radius 2 is 1.73 bits per heavy atom. The average Bonchev–Trinajstić information content (AvgIpc) is 3.09. The number of amides is 3. The Bertz CT molecular complexity index is 1520. The number of anilines is 1. The molecule has 1 aliphatic heterocycles. The van der Waals surface area contributed by atoms with Gasteiger partial charge in [-0.25, -0.2) is 0 Å². The van der Waals surface area contributed by atoms with Gasteiger partial charge >= 0.3 is 10.1 Å². The summed E-state index contributed by atoms with van der Waals surface area (Å²) in [6.45, 7) is 3.46. The molecule has 0 aliphatic carbocycles. The molecule has 3 aromatic rings. The number of imide groups is 1. The van der Waals surface area contributed by atoms with Crippen molar-refractivity contribution in [1.82, 2.24) is 4.90 Å². The topological polar surface area (TPSA) is 110 Å². The highest BCUT2D eigenvalue weighted by Crippen LogP contribution is 2.35. The van der Waals surface area contributed by atoms with E-state index in [2.05, 4.69) is 5.32 Å². The van der Waals surface area contributed by atoms with Crippen molar-refractivity contribution in [1.29, 1.82) is 0 Å². The number of carbonyl (C=O) groups excluding carboxylic acids is 3. The van der Waals surface area contributed by atoms with Gasteiger partial charge in [-0.1, -0.05) is 47.5 Å². The van der Waals surface area contributed by atoms with Crippen LogP contribution in [0.1, 0.15) is 23.6 Å². The van der Waals surface area contributed by atoms with Crippen molar-refractivity contribution < 1.29 is 27.0 Å². The molecule has 8 nitrogen and oxygen atoms in total. The van der Waals surface area contributed by atoms with Gasteiger partial charge in [-0.05, 0) is 72.3 Å². The molecule has 0 saturated carbocycles. The molecule has 1 heterocycles. The lowest BCUT2D eigenvalue weighted by atomic mass is 10.1. The van der Waals surface area contributed by atoms with Crippen LogP contribution in [0.2, 0.25) is 5.02 Å². The number of nitrogens with zero attached hydrogens (tertiary/aromatic N) is 1. The van der Waals surface area contributed by atoms with Crippen molar-refractivity contribution in [3.63, 3.8) is 0 Å². The van der Waals surface area contributed by atoms with Crippen molar-refractivity contribution in [2.75, 3.05) is 5.32 Å². The molecule has 190 valence electrons. The summed E-state index contributed by atoms with van der Waals surface area (Å²) in [5.41, 5.74) is 2.85. The summed E-state index contributed by atoms with van der Waals surface area (Å²) in [7, 11) is -4.19. The molecule has 11 heteroatoms. The summed E-state index contributed by atoms with van der Waals surface area (Å²) in [5, 5.41) is 2.18. The first-order chi connectivity index (χ1) is 17.5. The number of nitrogens with one attached hydrogen (secondary N) is 1. The average molecular weight is 557 g/mol. The molecule has 3 amide bonds. The lowest BCUT2D eigenvalue weighted by Crippen LogP contribution is -2.27. The summed E-state index contributed by atoms with van der Waals surface area (Å²) in [4.78, 5) is 37.7. The van der Waals surface area contributed by atoms with Crippen LogP contribution in [0, 0.1) is 6.92 Å². The van der Waals surface area contributed by atoms with E-state index in [0.29, 0.717) is 11.3 Å². The molecule has 0 aromatic heterocycles. The van der Waals surface area contributed by atoms with Crippen LogP contribution in [-0.2, 0) is 26.3 Å². The molecule has 0 unspecified atom stereocenters. The number of aryl methyl sites for hydroxylation is 1. The van der Waals surface area contributed by atoms with Crippen LogP contribution >= 0.6 is 23.4 Å². The smallest absolute Gasteiger partial charge is 0.339 e. The summed E-state index contributed by atoms with van der Waals surface area (Å²) >= 11 is 7.09. The molecule has 0 atom stereocenters. The molecule has 0 spiro atoms. The van der Waals surface area contributed by atoms with Gasteiger partial charge < -0.3 is 9.50 Å². The number of carbonyl (C=O) groups is 3. The largest absolute Gasteiger partial charge is 0.377 e. The summed E-state index contributed by atoms with van der Waals surface area (Å²) < 4.78 is 30.5. The fraction of sp³-hybridized carbons (Fsp3) is 0.115. The second-order valence-corrected chi connectivity index (χ2v) is 11.1. The monoisotopic (exact) mass is 556 g/mol. The van der Waals surface area contributed by atoms with Crippen molar-refractivity contribution in [2.24, 2.45) is 0 Å². The summed E-state index contributed by atoms with van der Waals surface area (Å²) in [6.07, 6.45) is 1.52. The van der Waals surface area contributed by atoms with Crippen LogP contribution in [-0.4, -0.2) is 30.4 Å². The summed E-state index contributed by atoms with van der Waals surface area (Å²) in [6, 6.07) is 17.4. The maximum atomic E-state index is 12.8. The minimum absolute atomic E-state index is 0.00563. The van der Waals surface area contributed by atoms with Crippen LogP contribution in [0.3, 0.4) is 0 Å². The summed E-state index contributed by atoms with van der Waals surface area (Å²) in [5.74, 6) is -0.802.